The summed E-state index contributed by atoms with van der Waals surface area (Å²) < 4.78 is 0.914. The first-order valence-corrected chi connectivity index (χ1v) is 8.00. The van der Waals surface area contributed by atoms with Crippen LogP contribution >= 0.6 is 15.9 Å². The topological polar surface area (TPSA) is 49.3 Å². The summed E-state index contributed by atoms with van der Waals surface area (Å²) in [4.78, 5) is 12.2. The zero-order valence-electron chi connectivity index (χ0n) is 11.9. The summed E-state index contributed by atoms with van der Waals surface area (Å²) >= 11 is 3.41. The summed E-state index contributed by atoms with van der Waals surface area (Å²) in [5.74, 6) is -0.0622. The van der Waals surface area contributed by atoms with Gasteiger partial charge in [-0.3, -0.25) is 4.79 Å². The van der Waals surface area contributed by atoms with Crippen molar-refractivity contribution in [2.24, 2.45) is 5.41 Å². The lowest BCUT2D eigenvalue weighted by molar-refractivity contribution is 0.0718. The number of aliphatic hydroxyl groups excluding tert-OH is 1. The fourth-order valence-corrected chi connectivity index (χ4v) is 3.54. The molecule has 1 amide bonds. The largest absolute Gasteiger partial charge is 0.396 e. The van der Waals surface area contributed by atoms with E-state index in [0.717, 1.165) is 35.7 Å². The highest BCUT2D eigenvalue weighted by Crippen LogP contribution is 2.35. The van der Waals surface area contributed by atoms with Crippen LogP contribution in [-0.2, 0) is 0 Å². The molecule has 3 nitrogen and oxygen atoms in total. The molecule has 4 heteroatoms. The summed E-state index contributed by atoms with van der Waals surface area (Å²) in [6.45, 7) is 2.69. The molecule has 1 aromatic rings. The Bertz CT molecular complexity index is 461. The molecule has 110 valence electrons. The van der Waals surface area contributed by atoms with Crippen LogP contribution in [0, 0.1) is 12.3 Å². The van der Waals surface area contributed by atoms with Crippen LogP contribution in [0.3, 0.4) is 0 Å². The first-order valence-electron chi connectivity index (χ1n) is 7.21. The van der Waals surface area contributed by atoms with Gasteiger partial charge in [0.25, 0.3) is 5.91 Å². The van der Waals surface area contributed by atoms with E-state index in [9.17, 15) is 9.90 Å². The molecule has 0 spiro atoms. The van der Waals surface area contributed by atoms with Gasteiger partial charge in [-0.15, -0.1) is 0 Å². The second kappa shape index (κ2) is 6.72. The third kappa shape index (κ3) is 3.83. The number of benzene rings is 1. The lowest BCUT2D eigenvalue weighted by Gasteiger charge is -2.35. The van der Waals surface area contributed by atoms with Crippen LogP contribution in [0.2, 0.25) is 0 Å². The standard InChI is InChI=1S/C16H22BrNO2/c1-12-7-13(9-14(17)8-12)15(20)18-10-16(11-19)5-3-2-4-6-16/h7-9,19H,2-6,10-11H2,1H3,(H,18,20). The van der Waals surface area contributed by atoms with Crippen LogP contribution in [0.25, 0.3) is 0 Å². The molecular formula is C16H22BrNO2. The van der Waals surface area contributed by atoms with Gasteiger partial charge in [0.1, 0.15) is 0 Å². The third-order valence-corrected chi connectivity index (χ3v) is 4.64. The Kier molecular flexibility index (Phi) is 5.22. The summed E-state index contributed by atoms with van der Waals surface area (Å²) in [7, 11) is 0. The molecule has 0 unspecified atom stereocenters. The molecule has 0 heterocycles. The van der Waals surface area contributed by atoms with E-state index >= 15 is 0 Å². The van der Waals surface area contributed by atoms with Crippen molar-refractivity contribution in [2.75, 3.05) is 13.2 Å². The SMILES string of the molecule is Cc1cc(Br)cc(C(=O)NCC2(CO)CCCCC2)c1. The van der Waals surface area contributed by atoms with Gasteiger partial charge in [-0.1, -0.05) is 35.2 Å². The molecule has 0 atom stereocenters. The predicted octanol–water partition coefficient (Wildman–Crippen LogP) is 3.43. The van der Waals surface area contributed by atoms with Crippen LogP contribution in [-0.4, -0.2) is 24.2 Å². The Balaban J connectivity index is 2.00. The molecule has 0 aromatic heterocycles. The fraction of sp³-hybridized carbons (Fsp3) is 0.562. The molecule has 2 rings (SSSR count). The fourth-order valence-electron chi connectivity index (χ4n) is 2.93. The van der Waals surface area contributed by atoms with Gasteiger partial charge in [-0.2, -0.15) is 0 Å². The minimum absolute atomic E-state index is 0.0622. The summed E-state index contributed by atoms with van der Waals surface area (Å²) in [5.41, 5.74) is 1.61. The minimum Gasteiger partial charge on any atom is -0.396 e. The van der Waals surface area contributed by atoms with Crippen molar-refractivity contribution in [1.82, 2.24) is 5.32 Å². The Morgan fingerprint density at radius 1 is 1.30 bits per heavy atom. The molecule has 1 aliphatic rings. The molecule has 1 fully saturated rings. The molecule has 0 radical (unpaired) electrons. The van der Waals surface area contributed by atoms with E-state index in [-0.39, 0.29) is 17.9 Å². The summed E-state index contributed by atoms with van der Waals surface area (Å²) in [6.07, 6.45) is 5.53. The van der Waals surface area contributed by atoms with Crippen LogP contribution in [0.1, 0.15) is 48.0 Å². The highest BCUT2D eigenvalue weighted by atomic mass is 79.9. The zero-order chi connectivity index (χ0) is 14.6. The number of carbonyl (C=O) groups excluding carboxylic acids is 1. The molecule has 0 saturated heterocycles. The number of aryl methyl sites for hydroxylation is 1. The van der Waals surface area contributed by atoms with E-state index in [1.54, 1.807) is 0 Å². The molecule has 1 aromatic carbocycles. The van der Waals surface area contributed by atoms with Gasteiger partial charge in [0.2, 0.25) is 0 Å². The molecule has 0 aliphatic heterocycles. The monoisotopic (exact) mass is 339 g/mol. The highest BCUT2D eigenvalue weighted by Gasteiger charge is 2.31. The van der Waals surface area contributed by atoms with Crippen LogP contribution in [0.4, 0.5) is 0 Å². The van der Waals surface area contributed by atoms with Crippen molar-refractivity contribution in [2.45, 2.75) is 39.0 Å². The smallest absolute Gasteiger partial charge is 0.251 e. The van der Waals surface area contributed by atoms with Crippen molar-refractivity contribution in [3.63, 3.8) is 0 Å². The van der Waals surface area contributed by atoms with Gasteiger partial charge in [0.15, 0.2) is 0 Å². The van der Waals surface area contributed by atoms with E-state index in [4.69, 9.17) is 0 Å². The van der Waals surface area contributed by atoms with Crippen molar-refractivity contribution < 1.29 is 9.90 Å². The van der Waals surface area contributed by atoms with Gasteiger partial charge < -0.3 is 10.4 Å². The van der Waals surface area contributed by atoms with Crippen LogP contribution in [0.5, 0.6) is 0 Å². The van der Waals surface area contributed by atoms with Crippen molar-refractivity contribution in [3.05, 3.63) is 33.8 Å². The number of nitrogens with one attached hydrogen (secondary N) is 1. The Hall–Kier alpha value is -0.870. The highest BCUT2D eigenvalue weighted by molar-refractivity contribution is 9.10. The van der Waals surface area contributed by atoms with E-state index < -0.39 is 0 Å². The molecule has 20 heavy (non-hydrogen) atoms. The average Bonchev–Trinajstić information content (AvgIpc) is 2.45. The van der Waals surface area contributed by atoms with E-state index in [1.807, 2.05) is 25.1 Å². The van der Waals surface area contributed by atoms with Crippen LogP contribution in [0.15, 0.2) is 22.7 Å². The lowest BCUT2D eigenvalue weighted by atomic mass is 9.74. The van der Waals surface area contributed by atoms with Gasteiger partial charge in [0.05, 0.1) is 6.61 Å². The first kappa shape index (κ1) is 15.5. The van der Waals surface area contributed by atoms with Crippen LogP contribution < -0.4 is 5.32 Å². The number of rotatable bonds is 4. The maximum atomic E-state index is 12.2. The predicted molar refractivity (Wildman–Crippen MR) is 83.8 cm³/mol. The minimum atomic E-state index is -0.116. The second-order valence-electron chi connectivity index (χ2n) is 5.92. The lowest BCUT2D eigenvalue weighted by Crippen LogP contribution is -2.41. The zero-order valence-corrected chi connectivity index (χ0v) is 13.5. The number of hydrogen-bond acceptors (Lipinski definition) is 2. The molecule has 2 N–H and O–H groups in total. The molecular weight excluding hydrogens is 318 g/mol. The molecule has 1 aliphatic carbocycles. The Morgan fingerprint density at radius 3 is 2.60 bits per heavy atom. The molecule has 1 saturated carbocycles. The number of aliphatic hydroxyl groups is 1. The maximum absolute atomic E-state index is 12.2. The summed E-state index contributed by atoms with van der Waals surface area (Å²) in [6, 6.07) is 5.69. The number of amides is 1. The molecule has 0 bridgehead atoms. The van der Waals surface area contributed by atoms with Gasteiger partial charge in [-0.25, -0.2) is 0 Å². The first-order chi connectivity index (χ1) is 9.54. The Morgan fingerprint density at radius 2 is 2.00 bits per heavy atom. The van der Waals surface area contributed by atoms with Crippen molar-refractivity contribution in [1.29, 1.82) is 0 Å². The van der Waals surface area contributed by atoms with Gasteiger partial charge in [-0.05, 0) is 43.5 Å². The van der Waals surface area contributed by atoms with Gasteiger partial charge in [0, 0.05) is 22.0 Å². The second-order valence-corrected chi connectivity index (χ2v) is 6.83. The summed E-state index contributed by atoms with van der Waals surface area (Å²) in [5, 5.41) is 12.6. The Labute approximate surface area is 128 Å². The number of hydrogen-bond donors (Lipinski definition) is 2. The third-order valence-electron chi connectivity index (χ3n) is 4.18. The van der Waals surface area contributed by atoms with E-state index in [2.05, 4.69) is 21.2 Å². The quantitative estimate of drug-likeness (QED) is 0.882. The van der Waals surface area contributed by atoms with E-state index in [0.29, 0.717) is 12.1 Å². The van der Waals surface area contributed by atoms with Crippen molar-refractivity contribution >= 4 is 21.8 Å². The normalized spacial score (nSPS) is 17.8. The van der Waals surface area contributed by atoms with E-state index in [1.165, 1.54) is 6.42 Å². The maximum Gasteiger partial charge on any atom is 0.251 e. The number of carbonyl (C=O) groups is 1. The average molecular weight is 340 g/mol. The van der Waals surface area contributed by atoms with Crippen molar-refractivity contribution in [3.8, 4) is 0 Å². The van der Waals surface area contributed by atoms with Gasteiger partial charge >= 0.3 is 0 Å². The number of halogens is 1.